The van der Waals surface area contributed by atoms with Gasteiger partial charge in [0.15, 0.2) is 0 Å². The predicted octanol–water partition coefficient (Wildman–Crippen LogP) is 1.30. The van der Waals surface area contributed by atoms with Crippen molar-refractivity contribution in [2.45, 2.75) is 6.42 Å². The minimum atomic E-state index is -0.204. The quantitative estimate of drug-likeness (QED) is 0.862. The molecule has 0 atom stereocenters. The highest BCUT2D eigenvalue weighted by Gasteiger charge is 2.07. The van der Waals surface area contributed by atoms with Gasteiger partial charge in [-0.25, -0.2) is 0 Å². The van der Waals surface area contributed by atoms with Gasteiger partial charge in [-0.2, -0.15) is 0 Å². The molecule has 0 aliphatic rings. The smallest absolute Gasteiger partial charge is 0.251 e. The molecule has 19 heavy (non-hydrogen) atoms. The maximum atomic E-state index is 11.7. The van der Waals surface area contributed by atoms with E-state index in [4.69, 9.17) is 0 Å². The highest BCUT2D eigenvalue weighted by Crippen LogP contribution is 2.07. The largest absolute Gasteiger partial charge is 0.352 e. The van der Waals surface area contributed by atoms with Crippen molar-refractivity contribution in [3.05, 3.63) is 41.4 Å². The average molecular weight is 276 g/mol. The third-order valence-electron chi connectivity index (χ3n) is 2.28. The molecule has 2 rings (SSSR count). The molecule has 2 amide bonds. The van der Waals surface area contributed by atoms with Gasteiger partial charge >= 0.3 is 0 Å². The zero-order valence-electron chi connectivity index (χ0n) is 10.00. The van der Waals surface area contributed by atoms with Gasteiger partial charge in [-0.05, 0) is 12.1 Å². The number of anilines is 1. The van der Waals surface area contributed by atoms with Gasteiger partial charge in [-0.15, -0.1) is 10.2 Å². The Balaban J connectivity index is 1.72. The number of hydrogen-bond acceptors (Lipinski definition) is 5. The van der Waals surface area contributed by atoms with Crippen molar-refractivity contribution in [1.29, 1.82) is 0 Å². The molecule has 1 aromatic heterocycles. The molecule has 2 aromatic rings. The SMILES string of the molecule is O=C(CCNC(=O)c1ccccc1)Nc1nncs1. The lowest BCUT2D eigenvalue weighted by molar-refractivity contribution is -0.116. The minimum absolute atomic E-state index is 0.190. The first-order valence-electron chi connectivity index (χ1n) is 5.65. The van der Waals surface area contributed by atoms with Gasteiger partial charge in [0.1, 0.15) is 5.51 Å². The molecule has 2 N–H and O–H groups in total. The van der Waals surface area contributed by atoms with Crippen LogP contribution in [0.1, 0.15) is 16.8 Å². The third kappa shape index (κ3) is 4.14. The fourth-order valence-corrected chi connectivity index (χ4v) is 1.85. The number of aromatic nitrogens is 2. The Labute approximate surface area is 113 Å². The van der Waals surface area contributed by atoms with Gasteiger partial charge in [0.25, 0.3) is 5.91 Å². The summed E-state index contributed by atoms with van der Waals surface area (Å²) < 4.78 is 0. The Morgan fingerprint density at radius 2 is 2.00 bits per heavy atom. The number of benzene rings is 1. The molecular formula is C12H12N4O2S. The molecule has 0 radical (unpaired) electrons. The molecule has 1 aromatic carbocycles. The summed E-state index contributed by atoms with van der Waals surface area (Å²) in [7, 11) is 0. The summed E-state index contributed by atoms with van der Waals surface area (Å²) in [5, 5.41) is 13.0. The monoisotopic (exact) mass is 276 g/mol. The van der Waals surface area contributed by atoms with Crippen LogP contribution in [-0.4, -0.2) is 28.6 Å². The third-order valence-corrected chi connectivity index (χ3v) is 2.89. The highest BCUT2D eigenvalue weighted by molar-refractivity contribution is 7.13. The first-order valence-corrected chi connectivity index (χ1v) is 6.53. The van der Waals surface area contributed by atoms with Crippen molar-refractivity contribution >= 4 is 28.3 Å². The topological polar surface area (TPSA) is 84.0 Å². The van der Waals surface area contributed by atoms with Crippen LogP contribution in [0, 0.1) is 0 Å². The fraction of sp³-hybridized carbons (Fsp3) is 0.167. The molecule has 6 nitrogen and oxygen atoms in total. The standard InChI is InChI=1S/C12H12N4O2S/c17-10(15-12-16-14-8-19-12)6-7-13-11(18)9-4-2-1-3-5-9/h1-5,8H,6-7H2,(H,13,18)(H,15,16,17). The Kier molecular flexibility index (Phi) is 4.57. The average Bonchev–Trinajstić information content (AvgIpc) is 2.92. The van der Waals surface area contributed by atoms with E-state index in [0.717, 1.165) is 0 Å². The zero-order chi connectivity index (χ0) is 13.5. The lowest BCUT2D eigenvalue weighted by Crippen LogP contribution is -2.27. The molecule has 0 saturated carbocycles. The van der Waals surface area contributed by atoms with E-state index in [2.05, 4.69) is 20.8 Å². The molecule has 0 saturated heterocycles. The van der Waals surface area contributed by atoms with Crippen LogP contribution < -0.4 is 10.6 Å². The van der Waals surface area contributed by atoms with Gasteiger partial charge in [0, 0.05) is 18.5 Å². The lowest BCUT2D eigenvalue weighted by atomic mass is 10.2. The van der Waals surface area contributed by atoms with Crippen LogP contribution >= 0.6 is 11.3 Å². The van der Waals surface area contributed by atoms with Crippen molar-refractivity contribution in [3.8, 4) is 0 Å². The van der Waals surface area contributed by atoms with E-state index >= 15 is 0 Å². The Hall–Kier alpha value is -2.28. The number of hydrogen-bond donors (Lipinski definition) is 2. The van der Waals surface area contributed by atoms with E-state index in [1.165, 1.54) is 16.8 Å². The second-order valence-electron chi connectivity index (χ2n) is 3.66. The molecule has 0 aliphatic heterocycles. The van der Waals surface area contributed by atoms with Crippen LogP contribution in [0.3, 0.4) is 0 Å². The molecule has 7 heteroatoms. The number of amides is 2. The summed E-state index contributed by atoms with van der Waals surface area (Å²) in [5.41, 5.74) is 2.11. The number of nitrogens with one attached hydrogen (secondary N) is 2. The van der Waals surface area contributed by atoms with Gasteiger partial charge in [-0.1, -0.05) is 29.5 Å². The Morgan fingerprint density at radius 1 is 1.21 bits per heavy atom. The van der Waals surface area contributed by atoms with E-state index in [1.807, 2.05) is 6.07 Å². The fourth-order valence-electron chi connectivity index (χ4n) is 1.39. The molecule has 0 fully saturated rings. The van der Waals surface area contributed by atoms with Gasteiger partial charge < -0.3 is 10.6 Å². The van der Waals surface area contributed by atoms with Crippen LogP contribution in [0.5, 0.6) is 0 Å². The summed E-state index contributed by atoms with van der Waals surface area (Å²) >= 11 is 1.25. The first-order chi connectivity index (χ1) is 9.25. The second kappa shape index (κ2) is 6.60. The molecule has 0 spiro atoms. The number of carbonyl (C=O) groups is 2. The van der Waals surface area contributed by atoms with E-state index in [-0.39, 0.29) is 24.8 Å². The van der Waals surface area contributed by atoms with E-state index in [9.17, 15) is 9.59 Å². The first kappa shape index (κ1) is 13.2. The minimum Gasteiger partial charge on any atom is -0.352 e. The van der Waals surface area contributed by atoms with Crippen molar-refractivity contribution in [1.82, 2.24) is 15.5 Å². The van der Waals surface area contributed by atoms with Crippen LogP contribution in [0.4, 0.5) is 5.13 Å². The molecule has 98 valence electrons. The lowest BCUT2D eigenvalue weighted by Gasteiger charge is -2.04. The van der Waals surface area contributed by atoms with E-state index < -0.39 is 0 Å². The maximum Gasteiger partial charge on any atom is 0.251 e. The van der Waals surface area contributed by atoms with Crippen LogP contribution in [-0.2, 0) is 4.79 Å². The van der Waals surface area contributed by atoms with Gasteiger partial charge in [0.2, 0.25) is 11.0 Å². The van der Waals surface area contributed by atoms with Crippen molar-refractivity contribution in [2.75, 3.05) is 11.9 Å². The molecule has 1 heterocycles. The molecule has 0 aliphatic carbocycles. The van der Waals surface area contributed by atoms with Crippen LogP contribution in [0.15, 0.2) is 35.8 Å². The van der Waals surface area contributed by atoms with Crippen molar-refractivity contribution < 1.29 is 9.59 Å². The van der Waals surface area contributed by atoms with Crippen LogP contribution in [0.25, 0.3) is 0 Å². The summed E-state index contributed by atoms with van der Waals surface area (Å²) in [6.07, 6.45) is 0.193. The van der Waals surface area contributed by atoms with E-state index in [1.54, 1.807) is 24.3 Å². The second-order valence-corrected chi connectivity index (χ2v) is 4.50. The summed E-state index contributed by atoms with van der Waals surface area (Å²) in [6, 6.07) is 8.85. The molecule has 0 unspecified atom stereocenters. The normalized spacial score (nSPS) is 9.89. The Bertz CT molecular complexity index is 542. The Morgan fingerprint density at radius 3 is 2.68 bits per heavy atom. The van der Waals surface area contributed by atoms with Gasteiger partial charge in [0.05, 0.1) is 0 Å². The van der Waals surface area contributed by atoms with Crippen molar-refractivity contribution in [3.63, 3.8) is 0 Å². The summed E-state index contributed by atoms with van der Waals surface area (Å²) in [5.74, 6) is -0.394. The number of carbonyl (C=O) groups excluding carboxylic acids is 2. The van der Waals surface area contributed by atoms with Crippen LogP contribution in [0.2, 0.25) is 0 Å². The number of nitrogens with zero attached hydrogens (tertiary/aromatic N) is 2. The predicted molar refractivity (Wildman–Crippen MR) is 71.9 cm³/mol. The summed E-state index contributed by atoms with van der Waals surface area (Å²) in [4.78, 5) is 23.2. The highest BCUT2D eigenvalue weighted by atomic mass is 32.1. The zero-order valence-corrected chi connectivity index (χ0v) is 10.8. The van der Waals surface area contributed by atoms with Gasteiger partial charge in [-0.3, -0.25) is 9.59 Å². The maximum absolute atomic E-state index is 11.7. The van der Waals surface area contributed by atoms with Crippen molar-refractivity contribution in [2.24, 2.45) is 0 Å². The molecular weight excluding hydrogens is 264 g/mol. The number of rotatable bonds is 5. The van der Waals surface area contributed by atoms with E-state index in [0.29, 0.717) is 10.7 Å². The summed E-state index contributed by atoms with van der Waals surface area (Å²) in [6.45, 7) is 0.276. The molecule has 0 bridgehead atoms.